The number of halogens is 3. The SMILES string of the molecule is Clc1ccc(-c2c(Cl)nc(C3CSCCS3)nc2Cl)cc1. The van der Waals surface area contributed by atoms with Crippen molar-refractivity contribution < 1.29 is 0 Å². The van der Waals surface area contributed by atoms with Crippen molar-refractivity contribution in [2.24, 2.45) is 0 Å². The van der Waals surface area contributed by atoms with Crippen LogP contribution in [0, 0.1) is 0 Å². The Kier molecular flexibility index (Phi) is 5.23. The molecule has 110 valence electrons. The van der Waals surface area contributed by atoms with Crippen LogP contribution in [0.1, 0.15) is 11.1 Å². The quantitative estimate of drug-likeness (QED) is 0.634. The van der Waals surface area contributed by atoms with Gasteiger partial charge in [0.25, 0.3) is 0 Å². The molecule has 2 nitrogen and oxygen atoms in total. The molecule has 3 rings (SSSR count). The number of nitrogens with zero attached hydrogens (tertiary/aromatic N) is 2. The first kappa shape index (κ1) is 15.8. The monoisotopic (exact) mass is 376 g/mol. The van der Waals surface area contributed by atoms with E-state index in [4.69, 9.17) is 34.8 Å². The average molecular weight is 378 g/mol. The van der Waals surface area contributed by atoms with Crippen molar-refractivity contribution in [3.05, 3.63) is 45.4 Å². The lowest BCUT2D eigenvalue weighted by Gasteiger charge is -2.20. The van der Waals surface area contributed by atoms with Crippen molar-refractivity contribution in [3.8, 4) is 11.1 Å². The van der Waals surface area contributed by atoms with Crippen LogP contribution >= 0.6 is 58.3 Å². The first-order chi connectivity index (χ1) is 10.1. The van der Waals surface area contributed by atoms with E-state index in [1.54, 1.807) is 12.1 Å². The van der Waals surface area contributed by atoms with E-state index in [1.807, 2.05) is 35.7 Å². The second kappa shape index (κ2) is 6.97. The van der Waals surface area contributed by atoms with Gasteiger partial charge in [-0.1, -0.05) is 46.9 Å². The third-order valence-corrected chi connectivity index (χ3v) is 6.62. The fraction of sp³-hybridized carbons (Fsp3) is 0.286. The molecule has 7 heteroatoms. The summed E-state index contributed by atoms with van der Waals surface area (Å²) in [4.78, 5) is 8.92. The summed E-state index contributed by atoms with van der Waals surface area (Å²) in [7, 11) is 0. The molecule has 0 bridgehead atoms. The first-order valence-corrected chi connectivity index (χ1v) is 9.67. The molecule has 1 aliphatic rings. The van der Waals surface area contributed by atoms with Crippen LogP contribution in [-0.2, 0) is 0 Å². The highest BCUT2D eigenvalue weighted by molar-refractivity contribution is 8.06. The first-order valence-electron chi connectivity index (χ1n) is 6.33. The van der Waals surface area contributed by atoms with Gasteiger partial charge in [0.1, 0.15) is 16.1 Å². The Labute approximate surface area is 147 Å². The smallest absolute Gasteiger partial charge is 0.145 e. The summed E-state index contributed by atoms with van der Waals surface area (Å²) in [6, 6.07) is 7.32. The van der Waals surface area contributed by atoms with E-state index in [2.05, 4.69) is 9.97 Å². The van der Waals surface area contributed by atoms with E-state index in [1.165, 1.54) is 5.75 Å². The Morgan fingerprint density at radius 1 is 0.952 bits per heavy atom. The van der Waals surface area contributed by atoms with Gasteiger partial charge in [0.15, 0.2) is 0 Å². The van der Waals surface area contributed by atoms with Gasteiger partial charge in [0.05, 0.1) is 10.8 Å². The topological polar surface area (TPSA) is 25.8 Å². The molecule has 0 spiro atoms. The molecule has 0 aliphatic carbocycles. The summed E-state index contributed by atoms with van der Waals surface area (Å²) in [5, 5.41) is 1.71. The van der Waals surface area contributed by atoms with Crippen LogP contribution in [0.25, 0.3) is 11.1 Å². The Morgan fingerprint density at radius 3 is 2.19 bits per heavy atom. The number of benzene rings is 1. The van der Waals surface area contributed by atoms with Gasteiger partial charge in [-0.15, -0.1) is 11.8 Å². The Balaban J connectivity index is 1.97. The molecule has 1 fully saturated rings. The predicted molar refractivity (Wildman–Crippen MR) is 95.0 cm³/mol. The van der Waals surface area contributed by atoms with E-state index in [0.29, 0.717) is 20.9 Å². The van der Waals surface area contributed by atoms with E-state index in [-0.39, 0.29) is 5.25 Å². The number of thioether (sulfide) groups is 2. The highest BCUT2D eigenvalue weighted by atomic mass is 35.5. The van der Waals surface area contributed by atoms with E-state index in [9.17, 15) is 0 Å². The zero-order chi connectivity index (χ0) is 14.8. The minimum atomic E-state index is 0.262. The molecular formula is C14H11Cl3N2S2. The van der Waals surface area contributed by atoms with Gasteiger partial charge < -0.3 is 0 Å². The van der Waals surface area contributed by atoms with Crippen LogP contribution in [-0.4, -0.2) is 27.2 Å². The second-order valence-electron chi connectivity index (χ2n) is 4.48. The van der Waals surface area contributed by atoms with Crippen molar-refractivity contribution in [2.75, 3.05) is 17.3 Å². The third-order valence-electron chi connectivity index (χ3n) is 3.07. The maximum atomic E-state index is 6.34. The van der Waals surface area contributed by atoms with Crippen LogP contribution in [0.2, 0.25) is 15.3 Å². The molecule has 0 amide bonds. The number of aromatic nitrogens is 2. The van der Waals surface area contributed by atoms with Crippen molar-refractivity contribution in [3.63, 3.8) is 0 Å². The van der Waals surface area contributed by atoms with Crippen molar-refractivity contribution in [1.82, 2.24) is 9.97 Å². The van der Waals surface area contributed by atoms with E-state index in [0.717, 1.165) is 22.9 Å². The molecule has 1 aromatic carbocycles. The van der Waals surface area contributed by atoms with Gasteiger partial charge >= 0.3 is 0 Å². The van der Waals surface area contributed by atoms with Crippen LogP contribution in [0.3, 0.4) is 0 Å². The molecule has 1 atom stereocenters. The molecule has 1 unspecified atom stereocenters. The highest BCUT2D eigenvalue weighted by Crippen LogP contribution is 2.39. The number of hydrogen-bond acceptors (Lipinski definition) is 4. The molecule has 0 saturated carbocycles. The van der Waals surface area contributed by atoms with Crippen molar-refractivity contribution in [1.29, 1.82) is 0 Å². The Morgan fingerprint density at radius 2 is 1.62 bits per heavy atom. The third kappa shape index (κ3) is 3.62. The van der Waals surface area contributed by atoms with Crippen molar-refractivity contribution >= 4 is 58.3 Å². The number of rotatable bonds is 2. The molecule has 0 N–H and O–H groups in total. The van der Waals surface area contributed by atoms with Crippen LogP contribution in [0.5, 0.6) is 0 Å². The van der Waals surface area contributed by atoms with Crippen LogP contribution < -0.4 is 0 Å². The largest absolute Gasteiger partial charge is 0.219 e. The van der Waals surface area contributed by atoms with Gasteiger partial charge in [-0.05, 0) is 17.7 Å². The minimum absolute atomic E-state index is 0.262. The summed E-state index contributed by atoms with van der Waals surface area (Å²) in [6.45, 7) is 0. The minimum Gasteiger partial charge on any atom is -0.219 e. The molecule has 2 heterocycles. The molecule has 1 aromatic heterocycles. The fourth-order valence-corrected chi connectivity index (χ4v) is 5.40. The second-order valence-corrected chi connectivity index (χ2v) is 8.09. The molecule has 21 heavy (non-hydrogen) atoms. The van der Waals surface area contributed by atoms with Crippen LogP contribution in [0.4, 0.5) is 0 Å². The molecule has 1 aliphatic heterocycles. The molecule has 1 saturated heterocycles. The lowest BCUT2D eigenvalue weighted by molar-refractivity contribution is 0.925. The lowest BCUT2D eigenvalue weighted by atomic mass is 10.1. The summed E-state index contributed by atoms with van der Waals surface area (Å²) in [6.07, 6.45) is 0. The Hall–Kier alpha value is -0.130. The van der Waals surface area contributed by atoms with Gasteiger partial charge in [-0.25, -0.2) is 9.97 Å². The van der Waals surface area contributed by atoms with Gasteiger partial charge in [-0.2, -0.15) is 11.8 Å². The molecular weight excluding hydrogens is 367 g/mol. The molecule has 0 radical (unpaired) electrons. The standard InChI is InChI=1S/C14H11Cl3N2S2/c15-9-3-1-8(2-4-9)11-12(16)18-14(19-13(11)17)10-7-20-5-6-21-10/h1-4,10H,5-7H2. The van der Waals surface area contributed by atoms with Gasteiger partial charge in [0.2, 0.25) is 0 Å². The van der Waals surface area contributed by atoms with E-state index >= 15 is 0 Å². The van der Waals surface area contributed by atoms with Crippen molar-refractivity contribution in [2.45, 2.75) is 5.25 Å². The summed E-state index contributed by atoms with van der Waals surface area (Å²) in [5.41, 5.74) is 1.53. The average Bonchev–Trinajstić information content (AvgIpc) is 2.49. The fourth-order valence-electron chi connectivity index (χ4n) is 2.06. The van der Waals surface area contributed by atoms with Crippen LogP contribution in [0.15, 0.2) is 24.3 Å². The summed E-state index contributed by atoms with van der Waals surface area (Å²) < 4.78 is 0. The summed E-state index contributed by atoms with van der Waals surface area (Å²) >= 11 is 22.4. The predicted octanol–water partition coefficient (Wildman–Crippen LogP) is 5.62. The van der Waals surface area contributed by atoms with Gasteiger partial charge in [0, 0.05) is 22.3 Å². The Bertz CT molecular complexity index is 620. The molecule has 2 aromatic rings. The maximum absolute atomic E-state index is 6.34. The summed E-state index contributed by atoms with van der Waals surface area (Å²) in [5.74, 6) is 4.00. The van der Waals surface area contributed by atoms with E-state index < -0.39 is 0 Å². The number of hydrogen-bond donors (Lipinski definition) is 0. The lowest BCUT2D eigenvalue weighted by Crippen LogP contribution is -2.11. The maximum Gasteiger partial charge on any atom is 0.145 e. The zero-order valence-electron chi connectivity index (χ0n) is 10.9. The normalized spacial score (nSPS) is 18.7. The van der Waals surface area contributed by atoms with Gasteiger partial charge in [-0.3, -0.25) is 0 Å². The zero-order valence-corrected chi connectivity index (χ0v) is 14.8. The highest BCUT2D eigenvalue weighted by Gasteiger charge is 2.22.